The summed E-state index contributed by atoms with van der Waals surface area (Å²) in [5.41, 5.74) is 4.50. The monoisotopic (exact) mass is 125 g/mol. The lowest BCUT2D eigenvalue weighted by molar-refractivity contribution is 1.48. The minimum Gasteiger partial charge on any atom is -0.333 e. The summed E-state index contributed by atoms with van der Waals surface area (Å²) in [4.78, 5) is 0. The van der Waals surface area contributed by atoms with Crippen molar-refractivity contribution in [2.24, 2.45) is 5.73 Å². The molecule has 0 aromatic rings. The van der Waals surface area contributed by atoms with Crippen molar-refractivity contribution in [2.75, 3.05) is 7.05 Å². The fourth-order valence-corrected chi connectivity index (χ4v) is 0. The van der Waals surface area contributed by atoms with Crippen LogP contribution in [-0.2, 0) is 0 Å². The smallest absolute Gasteiger partial charge is 0.0195 e. The van der Waals surface area contributed by atoms with E-state index in [0.29, 0.717) is 0 Å². The van der Waals surface area contributed by atoms with E-state index in [1.165, 1.54) is 26.3 Å². The molecule has 2 N–H and O–H groups in total. The van der Waals surface area contributed by atoms with Crippen LogP contribution in [0.15, 0.2) is 0 Å². The van der Waals surface area contributed by atoms with Crippen molar-refractivity contribution >= 4 is 12.4 Å². The average molecular weight is 126 g/mol. The van der Waals surface area contributed by atoms with Gasteiger partial charge in [-0.05, 0) is 7.05 Å². The van der Waals surface area contributed by atoms with E-state index in [-0.39, 0.29) is 19.8 Å². The third-order valence-electron chi connectivity index (χ3n) is 0.354. The Morgan fingerprint density at radius 1 is 1.00 bits per heavy atom. The van der Waals surface area contributed by atoms with Crippen LogP contribution in [0.3, 0.4) is 0 Å². The van der Waals surface area contributed by atoms with E-state index in [9.17, 15) is 0 Å². The van der Waals surface area contributed by atoms with Crippen molar-refractivity contribution in [3.05, 3.63) is 0 Å². The van der Waals surface area contributed by atoms with Gasteiger partial charge in [0.05, 0.1) is 0 Å². The molecule has 0 saturated heterocycles. The van der Waals surface area contributed by atoms with Crippen molar-refractivity contribution in [1.29, 1.82) is 0 Å². The van der Waals surface area contributed by atoms with Gasteiger partial charge in [0, 0.05) is 0 Å². The predicted molar refractivity (Wildman–Crippen MR) is 37.9 cm³/mol. The van der Waals surface area contributed by atoms with E-state index in [1.54, 1.807) is 0 Å². The molecule has 0 spiro atoms. The molecular formula is C5H16ClN. The zero-order chi connectivity index (χ0) is 4.12. The van der Waals surface area contributed by atoms with Gasteiger partial charge in [0.2, 0.25) is 0 Å². The maximum absolute atomic E-state index is 4.50. The standard InChI is InChI=1S/C3H6.CH5N.CH4.ClH/c1-2-3-1;1-2;;/h1-3H2;2H2,1H3;1H4;1H. The molecule has 0 bridgehead atoms. The maximum Gasteiger partial charge on any atom is -0.0195 e. The van der Waals surface area contributed by atoms with Crippen LogP contribution in [0.5, 0.6) is 0 Å². The fraction of sp³-hybridized carbons (Fsp3) is 1.00. The molecule has 1 rings (SSSR count). The molecule has 1 aliphatic rings. The molecule has 0 unspecified atom stereocenters. The first-order chi connectivity index (χ1) is 2.50. The lowest BCUT2D eigenvalue weighted by Gasteiger charge is -1.19. The van der Waals surface area contributed by atoms with Crippen LogP contribution in [0.4, 0.5) is 0 Å². The average Bonchev–Trinajstić information content (AvgIpc) is 2.19. The van der Waals surface area contributed by atoms with Gasteiger partial charge in [0.1, 0.15) is 0 Å². The zero-order valence-corrected chi connectivity index (χ0v) is 4.92. The molecule has 0 radical (unpaired) electrons. The summed E-state index contributed by atoms with van der Waals surface area (Å²) in [7, 11) is 1.50. The van der Waals surface area contributed by atoms with Gasteiger partial charge in [0.15, 0.2) is 0 Å². The van der Waals surface area contributed by atoms with Crippen molar-refractivity contribution < 1.29 is 0 Å². The Kier molecular flexibility index (Phi) is 36.5. The van der Waals surface area contributed by atoms with Gasteiger partial charge in [-0.15, -0.1) is 12.4 Å². The highest BCUT2D eigenvalue weighted by Gasteiger charge is 1.95. The summed E-state index contributed by atoms with van der Waals surface area (Å²) in [5, 5.41) is 0. The van der Waals surface area contributed by atoms with Gasteiger partial charge in [-0.1, -0.05) is 26.7 Å². The van der Waals surface area contributed by atoms with Gasteiger partial charge in [-0.3, -0.25) is 0 Å². The SMILES string of the molecule is C.C1CC1.CN.Cl. The molecule has 0 aliphatic heterocycles. The molecule has 1 nitrogen and oxygen atoms in total. The third kappa shape index (κ3) is 72.2. The summed E-state index contributed by atoms with van der Waals surface area (Å²) in [5.74, 6) is 0. The van der Waals surface area contributed by atoms with Crippen LogP contribution in [0.25, 0.3) is 0 Å². The van der Waals surface area contributed by atoms with E-state index in [1.807, 2.05) is 0 Å². The second-order valence-corrected chi connectivity index (χ2v) is 1.06. The maximum atomic E-state index is 4.50. The largest absolute Gasteiger partial charge is 0.333 e. The van der Waals surface area contributed by atoms with Crippen LogP contribution in [0, 0.1) is 0 Å². The van der Waals surface area contributed by atoms with Crippen molar-refractivity contribution in [3.63, 3.8) is 0 Å². The van der Waals surface area contributed by atoms with E-state index in [4.69, 9.17) is 0 Å². The number of hydrogen-bond acceptors (Lipinski definition) is 1. The highest BCUT2D eigenvalue weighted by Crippen LogP contribution is 2.14. The number of hydrogen-bond donors (Lipinski definition) is 1. The second-order valence-electron chi connectivity index (χ2n) is 1.06. The first-order valence-corrected chi connectivity index (χ1v) is 2.08. The van der Waals surface area contributed by atoms with Gasteiger partial charge < -0.3 is 5.73 Å². The lowest BCUT2D eigenvalue weighted by Crippen LogP contribution is -1.69. The predicted octanol–water partition coefficient (Wildman–Crippen LogP) is 1.80. The fourth-order valence-electron chi connectivity index (χ4n) is 0. The molecule has 0 heterocycles. The highest BCUT2D eigenvalue weighted by atomic mass is 35.5. The Morgan fingerprint density at radius 3 is 1.14 bits per heavy atom. The summed E-state index contributed by atoms with van der Waals surface area (Å²) < 4.78 is 0. The molecule has 0 aromatic heterocycles. The molecule has 1 saturated carbocycles. The number of nitrogens with two attached hydrogens (primary N) is 1. The van der Waals surface area contributed by atoms with E-state index < -0.39 is 0 Å². The van der Waals surface area contributed by atoms with Gasteiger partial charge in [0.25, 0.3) is 0 Å². The normalized spacial score (nSPS) is 11.1. The minimum atomic E-state index is 0. The van der Waals surface area contributed by atoms with Crippen molar-refractivity contribution in [2.45, 2.75) is 26.7 Å². The molecule has 1 aliphatic carbocycles. The first-order valence-electron chi connectivity index (χ1n) is 2.08. The van der Waals surface area contributed by atoms with Crippen LogP contribution in [0.2, 0.25) is 0 Å². The first kappa shape index (κ1) is 15.7. The Labute approximate surface area is 52.7 Å². The Balaban J connectivity index is -0.0000000380. The summed E-state index contributed by atoms with van der Waals surface area (Å²) in [6.07, 6.45) is 4.50. The quantitative estimate of drug-likeness (QED) is 0.525. The molecule has 0 aromatic carbocycles. The van der Waals surface area contributed by atoms with Gasteiger partial charge >= 0.3 is 0 Å². The third-order valence-corrected chi connectivity index (χ3v) is 0.354. The van der Waals surface area contributed by atoms with E-state index in [0.717, 1.165) is 0 Å². The number of halogens is 1. The van der Waals surface area contributed by atoms with Crippen LogP contribution < -0.4 is 5.73 Å². The Morgan fingerprint density at radius 2 is 1.14 bits per heavy atom. The zero-order valence-electron chi connectivity index (χ0n) is 4.11. The van der Waals surface area contributed by atoms with E-state index >= 15 is 0 Å². The van der Waals surface area contributed by atoms with Crippen LogP contribution in [-0.4, -0.2) is 7.05 Å². The van der Waals surface area contributed by atoms with Crippen LogP contribution >= 0.6 is 12.4 Å². The Hall–Kier alpha value is 0.250. The summed E-state index contributed by atoms with van der Waals surface area (Å²) >= 11 is 0. The van der Waals surface area contributed by atoms with Crippen molar-refractivity contribution in [3.8, 4) is 0 Å². The van der Waals surface area contributed by atoms with Gasteiger partial charge in [-0.25, -0.2) is 0 Å². The van der Waals surface area contributed by atoms with Crippen molar-refractivity contribution in [1.82, 2.24) is 0 Å². The molecule has 2 heteroatoms. The summed E-state index contributed by atoms with van der Waals surface area (Å²) in [6.45, 7) is 0. The van der Waals surface area contributed by atoms with E-state index in [2.05, 4.69) is 5.73 Å². The summed E-state index contributed by atoms with van der Waals surface area (Å²) in [6, 6.07) is 0. The minimum absolute atomic E-state index is 0. The van der Waals surface area contributed by atoms with Crippen LogP contribution in [0.1, 0.15) is 26.7 Å². The molecule has 48 valence electrons. The topological polar surface area (TPSA) is 26.0 Å². The molecule has 7 heavy (non-hydrogen) atoms. The second kappa shape index (κ2) is 16.3. The molecular weight excluding hydrogens is 110 g/mol. The molecule has 1 fully saturated rings. The number of rotatable bonds is 0. The Bertz CT molecular complexity index is 12.8. The molecule has 0 atom stereocenters. The highest BCUT2D eigenvalue weighted by molar-refractivity contribution is 5.85. The lowest BCUT2D eigenvalue weighted by atomic mass is 11.0. The molecule has 0 amide bonds. The van der Waals surface area contributed by atoms with Gasteiger partial charge in [-0.2, -0.15) is 0 Å².